The molecule has 3 aromatic heterocycles. The minimum atomic E-state index is -0.518. The van der Waals surface area contributed by atoms with E-state index < -0.39 is 6.10 Å². The zero-order valence-electron chi connectivity index (χ0n) is 14.5. The van der Waals surface area contributed by atoms with Crippen LogP contribution in [0.3, 0.4) is 0 Å². The number of methoxy groups -OCH3 is 1. The van der Waals surface area contributed by atoms with Gasteiger partial charge in [-0.2, -0.15) is 14.6 Å². The lowest BCUT2D eigenvalue weighted by Gasteiger charge is -2.38. The second-order valence-electron chi connectivity index (χ2n) is 6.20. The quantitative estimate of drug-likeness (QED) is 0.701. The molecule has 1 N–H and O–H groups in total. The van der Waals surface area contributed by atoms with Crippen molar-refractivity contribution in [2.45, 2.75) is 25.2 Å². The lowest BCUT2D eigenvalue weighted by molar-refractivity contribution is 0.0682. The molecule has 0 amide bonds. The summed E-state index contributed by atoms with van der Waals surface area (Å²) in [6.45, 7) is 2.31. The Morgan fingerprint density at radius 1 is 1.50 bits per heavy atom. The summed E-state index contributed by atoms with van der Waals surface area (Å²) in [4.78, 5) is 11.9. The monoisotopic (exact) mass is 375 g/mol. The summed E-state index contributed by atoms with van der Waals surface area (Å²) in [6, 6.07) is 5.92. The van der Waals surface area contributed by atoms with Crippen molar-refractivity contribution in [1.29, 1.82) is 0 Å². The number of ether oxygens (including phenoxy) is 2. The molecule has 0 aliphatic carbocycles. The van der Waals surface area contributed by atoms with Crippen molar-refractivity contribution in [2.24, 2.45) is 0 Å². The Bertz CT molecular complexity index is 853. The molecule has 1 aliphatic rings. The van der Waals surface area contributed by atoms with E-state index in [1.54, 1.807) is 23.0 Å². The van der Waals surface area contributed by atoms with Crippen molar-refractivity contribution < 1.29 is 14.6 Å². The maximum absolute atomic E-state index is 10.6. The number of aliphatic hydroxyl groups is 1. The summed E-state index contributed by atoms with van der Waals surface area (Å²) in [5.41, 5.74) is 0.798. The number of fused-ring (bicyclic) bond motifs is 1. The van der Waals surface area contributed by atoms with Crippen LogP contribution in [0.1, 0.15) is 23.1 Å². The van der Waals surface area contributed by atoms with Crippen LogP contribution in [0.15, 0.2) is 29.9 Å². The van der Waals surface area contributed by atoms with Gasteiger partial charge in [0.05, 0.1) is 37.7 Å². The van der Waals surface area contributed by atoms with E-state index in [9.17, 15) is 5.11 Å². The molecule has 3 aromatic rings. The van der Waals surface area contributed by atoms with Crippen molar-refractivity contribution >= 4 is 22.9 Å². The van der Waals surface area contributed by atoms with E-state index in [0.717, 1.165) is 16.4 Å². The SMILES string of the molecule is COCc1cc(N2CCOCC2CC(O)c2cccs2)n2ncnc2n1. The van der Waals surface area contributed by atoms with Crippen LogP contribution in [0, 0.1) is 0 Å². The molecule has 1 saturated heterocycles. The van der Waals surface area contributed by atoms with Crippen molar-refractivity contribution in [3.8, 4) is 0 Å². The molecule has 0 saturated carbocycles. The maximum atomic E-state index is 10.6. The van der Waals surface area contributed by atoms with Gasteiger partial charge in [-0.05, 0) is 11.4 Å². The molecule has 138 valence electrons. The van der Waals surface area contributed by atoms with E-state index in [1.165, 1.54) is 6.33 Å². The standard InChI is InChI=1S/C17H21N5O3S/c1-24-9-12-7-16(22-17(20-12)18-11-19-22)21-4-5-25-10-13(21)8-14(23)15-3-2-6-26-15/h2-3,6-7,11,13-14,23H,4-5,8-10H2,1H3. The fourth-order valence-electron chi connectivity index (χ4n) is 3.28. The van der Waals surface area contributed by atoms with Crippen molar-refractivity contribution in [3.63, 3.8) is 0 Å². The lowest BCUT2D eigenvalue weighted by Crippen LogP contribution is -2.47. The predicted molar refractivity (Wildman–Crippen MR) is 97.3 cm³/mol. The third kappa shape index (κ3) is 3.43. The minimum Gasteiger partial charge on any atom is -0.387 e. The highest BCUT2D eigenvalue weighted by Crippen LogP contribution is 2.29. The van der Waals surface area contributed by atoms with Crippen LogP contribution in [0.5, 0.6) is 0 Å². The van der Waals surface area contributed by atoms with E-state index in [1.807, 2.05) is 23.6 Å². The second kappa shape index (κ2) is 7.67. The molecular formula is C17H21N5O3S. The summed E-state index contributed by atoms with van der Waals surface area (Å²) < 4.78 is 12.7. The molecule has 1 aliphatic heterocycles. The number of hydrogen-bond acceptors (Lipinski definition) is 8. The number of aromatic nitrogens is 4. The van der Waals surface area contributed by atoms with Gasteiger partial charge in [-0.15, -0.1) is 11.3 Å². The summed E-state index contributed by atoms with van der Waals surface area (Å²) in [5.74, 6) is 1.44. The molecule has 9 heteroatoms. The van der Waals surface area contributed by atoms with Crippen LogP contribution in [0.2, 0.25) is 0 Å². The van der Waals surface area contributed by atoms with Crippen LogP contribution < -0.4 is 4.90 Å². The van der Waals surface area contributed by atoms with E-state index in [-0.39, 0.29) is 6.04 Å². The molecule has 4 heterocycles. The highest BCUT2D eigenvalue weighted by molar-refractivity contribution is 7.10. The number of thiophene rings is 1. The molecule has 0 aromatic carbocycles. The number of rotatable bonds is 6. The third-order valence-corrected chi connectivity index (χ3v) is 5.44. The summed E-state index contributed by atoms with van der Waals surface area (Å²) in [6.07, 6.45) is 1.56. The van der Waals surface area contributed by atoms with Gasteiger partial charge in [0, 0.05) is 31.0 Å². The van der Waals surface area contributed by atoms with Gasteiger partial charge >= 0.3 is 0 Å². The first-order valence-corrected chi connectivity index (χ1v) is 9.38. The number of morpholine rings is 1. The molecule has 26 heavy (non-hydrogen) atoms. The molecule has 2 unspecified atom stereocenters. The van der Waals surface area contributed by atoms with E-state index in [4.69, 9.17) is 9.47 Å². The Balaban J connectivity index is 1.65. The minimum absolute atomic E-state index is 0.0334. The van der Waals surface area contributed by atoms with Gasteiger partial charge in [0.2, 0.25) is 0 Å². The summed E-state index contributed by atoms with van der Waals surface area (Å²) >= 11 is 1.57. The van der Waals surface area contributed by atoms with Gasteiger partial charge in [0.15, 0.2) is 0 Å². The van der Waals surface area contributed by atoms with Crippen LogP contribution in [0.25, 0.3) is 5.78 Å². The average molecular weight is 375 g/mol. The molecule has 4 rings (SSSR count). The average Bonchev–Trinajstić information content (AvgIpc) is 3.33. The van der Waals surface area contributed by atoms with Gasteiger partial charge < -0.3 is 19.5 Å². The summed E-state index contributed by atoms with van der Waals surface area (Å²) in [5, 5.41) is 16.9. The number of anilines is 1. The fraction of sp³-hybridized carbons (Fsp3) is 0.471. The largest absolute Gasteiger partial charge is 0.387 e. The lowest BCUT2D eigenvalue weighted by atomic mass is 10.1. The zero-order valence-corrected chi connectivity index (χ0v) is 15.3. The molecule has 0 spiro atoms. The second-order valence-corrected chi connectivity index (χ2v) is 7.18. The first-order valence-electron chi connectivity index (χ1n) is 8.50. The highest BCUT2D eigenvalue weighted by Gasteiger charge is 2.29. The van der Waals surface area contributed by atoms with Crippen LogP contribution in [-0.4, -0.2) is 57.6 Å². The van der Waals surface area contributed by atoms with Gasteiger partial charge in [-0.1, -0.05) is 6.07 Å². The normalized spacial score (nSPS) is 19.2. The first kappa shape index (κ1) is 17.3. The summed E-state index contributed by atoms with van der Waals surface area (Å²) in [7, 11) is 1.64. The maximum Gasteiger partial charge on any atom is 0.254 e. The smallest absolute Gasteiger partial charge is 0.254 e. The van der Waals surface area contributed by atoms with E-state index in [0.29, 0.717) is 38.6 Å². The van der Waals surface area contributed by atoms with Crippen LogP contribution >= 0.6 is 11.3 Å². The Labute approximate surface area is 155 Å². The molecule has 0 radical (unpaired) electrons. The highest BCUT2D eigenvalue weighted by atomic mass is 32.1. The predicted octanol–water partition coefficient (Wildman–Crippen LogP) is 1.66. The molecule has 8 nitrogen and oxygen atoms in total. The number of hydrogen-bond donors (Lipinski definition) is 1. The van der Waals surface area contributed by atoms with Crippen LogP contribution in [0.4, 0.5) is 5.82 Å². The van der Waals surface area contributed by atoms with Gasteiger partial charge in [0.25, 0.3) is 5.78 Å². The zero-order chi connectivity index (χ0) is 17.9. The Morgan fingerprint density at radius 2 is 2.42 bits per heavy atom. The van der Waals surface area contributed by atoms with Gasteiger partial charge in [-0.3, -0.25) is 0 Å². The molecule has 1 fully saturated rings. The Kier molecular flexibility index (Phi) is 5.11. The third-order valence-electron chi connectivity index (χ3n) is 4.47. The Morgan fingerprint density at radius 3 is 3.23 bits per heavy atom. The first-order chi connectivity index (χ1) is 12.8. The molecule has 2 atom stereocenters. The fourth-order valence-corrected chi connectivity index (χ4v) is 4.00. The number of aliphatic hydroxyl groups excluding tert-OH is 1. The van der Waals surface area contributed by atoms with E-state index >= 15 is 0 Å². The van der Waals surface area contributed by atoms with Crippen molar-refractivity contribution in [1.82, 2.24) is 19.6 Å². The van der Waals surface area contributed by atoms with Crippen LogP contribution in [-0.2, 0) is 16.1 Å². The van der Waals surface area contributed by atoms with Gasteiger partial charge in [-0.25, -0.2) is 4.98 Å². The molecular weight excluding hydrogens is 354 g/mol. The van der Waals surface area contributed by atoms with Crippen molar-refractivity contribution in [2.75, 3.05) is 31.8 Å². The Hall–Kier alpha value is -2.07. The molecule has 0 bridgehead atoms. The van der Waals surface area contributed by atoms with Crippen molar-refractivity contribution in [3.05, 3.63) is 40.5 Å². The number of nitrogens with zero attached hydrogens (tertiary/aromatic N) is 5. The topological polar surface area (TPSA) is 85.0 Å². The van der Waals surface area contributed by atoms with E-state index in [2.05, 4.69) is 20.0 Å². The van der Waals surface area contributed by atoms with Gasteiger partial charge in [0.1, 0.15) is 12.1 Å².